The Morgan fingerprint density at radius 1 is 0.889 bits per heavy atom. The fourth-order valence-corrected chi connectivity index (χ4v) is 5.09. The summed E-state index contributed by atoms with van der Waals surface area (Å²) in [5.74, 6) is -1.52. The Morgan fingerprint density at radius 3 is 2.03 bits per heavy atom. The number of hydrogen-bond donors (Lipinski definition) is 0. The Labute approximate surface area is 208 Å². The fraction of sp³-hybridized carbons (Fsp3) is 0.385. The molecule has 4 rings (SSSR count). The maximum absolute atomic E-state index is 13.3. The summed E-state index contributed by atoms with van der Waals surface area (Å²) in [6, 6.07) is 10.6. The molecule has 0 unspecified atom stereocenters. The molecule has 2 aliphatic rings. The smallest absolute Gasteiger partial charge is 0.345 e. The third-order valence-electron chi connectivity index (χ3n) is 7.23. The highest BCUT2D eigenvalue weighted by atomic mass is 16.6. The second-order valence-electron chi connectivity index (χ2n) is 9.35. The number of likely N-dealkylation sites (tertiary alicyclic amines) is 2. The van der Waals surface area contributed by atoms with Crippen LogP contribution in [0.25, 0.3) is 0 Å². The van der Waals surface area contributed by atoms with E-state index in [1.807, 2.05) is 0 Å². The molecule has 10 heteroatoms. The van der Waals surface area contributed by atoms with Crippen LogP contribution in [0.15, 0.2) is 42.5 Å². The predicted octanol–water partition coefficient (Wildman–Crippen LogP) is 3.35. The van der Waals surface area contributed by atoms with Crippen molar-refractivity contribution in [2.75, 3.05) is 33.3 Å². The van der Waals surface area contributed by atoms with Crippen LogP contribution in [0, 0.1) is 15.5 Å². The van der Waals surface area contributed by atoms with E-state index in [2.05, 4.69) is 0 Å². The van der Waals surface area contributed by atoms with Gasteiger partial charge in [0.15, 0.2) is 5.78 Å². The predicted molar refractivity (Wildman–Crippen MR) is 129 cm³/mol. The van der Waals surface area contributed by atoms with Crippen molar-refractivity contribution in [2.45, 2.75) is 26.2 Å². The van der Waals surface area contributed by atoms with Crippen molar-refractivity contribution in [3.8, 4) is 0 Å². The van der Waals surface area contributed by atoms with Crippen LogP contribution in [0.2, 0.25) is 0 Å². The molecule has 2 heterocycles. The van der Waals surface area contributed by atoms with E-state index >= 15 is 0 Å². The van der Waals surface area contributed by atoms with Crippen molar-refractivity contribution in [1.29, 1.82) is 0 Å². The van der Waals surface area contributed by atoms with E-state index in [1.165, 1.54) is 25.1 Å². The van der Waals surface area contributed by atoms with Crippen molar-refractivity contribution in [1.82, 2.24) is 9.80 Å². The number of nitrogens with zero attached hydrogens (tertiary/aromatic N) is 3. The highest BCUT2D eigenvalue weighted by molar-refractivity contribution is 6.08. The summed E-state index contributed by atoms with van der Waals surface area (Å²) in [5, 5.41) is 11.4. The number of nitro benzene ring substituents is 1. The van der Waals surface area contributed by atoms with E-state index in [1.54, 1.807) is 34.1 Å². The van der Waals surface area contributed by atoms with Crippen LogP contribution in [-0.2, 0) is 4.74 Å². The number of carbonyl (C=O) groups excluding carboxylic acids is 4. The average Bonchev–Trinajstić information content (AvgIpc) is 3.30. The van der Waals surface area contributed by atoms with Gasteiger partial charge in [-0.15, -0.1) is 0 Å². The molecular formula is C26H27N3O7. The van der Waals surface area contributed by atoms with Gasteiger partial charge in [0.05, 0.1) is 17.6 Å². The number of Topliss-reactive ketones (excluding diaryl/α,β-unsaturated/α-hetero) is 1. The van der Waals surface area contributed by atoms with Gasteiger partial charge in [-0.25, -0.2) is 4.79 Å². The number of amides is 2. The van der Waals surface area contributed by atoms with Crippen LogP contribution in [0.1, 0.15) is 67.6 Å². The summed E-state index contributed by atoms with van der Waals surface area (Å²) >= 11 is 0. The van der Waals surface area contributed by atoms with E-state index in [-0.39, 0.29) is 28.2 Å². The minimum absolute atomic E-state index is 0.0466. The van der Waals surface area contributed by atoms with Crippen molar-refractivity contribution in [3.05, 3.63) is 74.8 Å². The molecule has 2 aromatic rings. The summed E-state index contributed by atoms with van der Waals surface area (Å²) < 4.78 is 4.71. The van der Waals surface area contributed by atoms with Crippen molar-refractivity contribution in [3.63, 3.8) is 0 Å². The molecular weight excluding hydrogens is 466 g/mol. The Kier molecular flexibility index (Phi) is 6.87. The van der Waals surface area contributed by atoms with Crippen LogP contribution >= 0.6 is 0 Å². The first-order valence-corrected chi connectivity index (χ1v) is 11.7. The summed E-state index contributed by atoms with van der Waals surface area (Å²) in [7, 11) is 1.12. The van der Waals surface area contributed by atoms with Gasteiger partial charge < -0.3 is 14.5 Å². The summed E-state index contributed by atoms with van der Waals surface area (Å²) in [6.07, 6.45) is 2.18. The standard InChI is InChI=1S/C26H27N3O7/c1-17(30)18-6-8-19(9-7-18)23(31)27-13-10-26(11-14-27)12-15-28(16-26)24(32)20-4-3-5-21(29(34)35)22(20)25(33)36-2/h3-9H,10-16H2,1-2H3. The largest absolute Gasteiger partial charge is 0.465 e. The number of hydrogen-bond acceptors (Lipinski definition) is 7. The number of esters is 1. The molecule has 0 aromatic heterocycles. The van der Waals surface area contributed by atoms with Gasteiger partial charge >= 0.3 is 5.97 Å². The van der Waals surface area contributed by atoms with Crippen LogP contribution in [-0.4, -0.2) is 71.6 Å². The number of nitro groups is 1. The molecule has 0 atom stereocenters. The zero-order chi connectivity index (χ0) is 26.0. The van der Waals surface area contributed by atoms with E-state index in [0.717, 1.165) is 13.5 Å². The van der Waals surface area contributed by atoms with Crippen molar-refractivity contribution in [2.24, 2.45) is 5.41 Å². The number of benzene rings is 2. The van der Waals surface area contributed by atoms with Gasteiger partial charge in [0.25, 0.3) is 17.5 Å². The van der Waals surface area contributed by atoms with Crippen molar-refractivity contribution < 1.29 is 28.8 Å². The molecule has 2 fully saturated rings. The molecule has 2 aliphatic heterocycles. The second-order valence-corrected chi connectivity index (χ2v) is 9.35. The van der Waals surface area contributed by atoms with Gasteiger partial charge in [0.1, 0.15) is 5.56 Å². The molecule has 2 saturated heterocycles. The molecule has 0 radical (unpaired) electrons. The van der Waals surface area contributed by atoms with Gasteiger partial charge in [-0.2, -0.15) is 0 Å². The van der Waals surface area contributed by atoms with E-state index < -0.39 is 22.5 Å². The van der Waals surface area contributed by atoms with Crippen LogP contribution in [0.5, 0.6) is 0 Å². The van der Waals surface area contributed by atoms with E-state index in [0.29, 0.717) is 50.1 Å². The molecule has 188 valence electrons. The Morgan fingerprint density at radius 2 is 1.47 bits per heavy atom. The summed E-state index contributed by atoms with van der Waals surface area (Å²) in [5.41, 5.74) is 0.0719. The highest BCUT2D eigenvalue weighted by Gasteiger charge is 2.44. The number of methoxy groups -OCH3 is 1. The monoisotopic (exact) mass is 493 g/mol. The first-order valence-electron chi connectivity index (χ1n) is 11.7. The Bertz CT molecular complexity index is 1230. The summed E-state index contributed by atoms with van der Waals surface area (Å²) in [6.45, 7) is 3.47. The number of carbonyl (C=O) groups is 4. The summed E-state index contributed by atoms with van der Waals surface area (Å²) in [4.78, 5) is 64.2. The van der Waals surface area contributed by atoms with Crippen LogP contribution in [0.4, 0.5) is 5.69 Å². The first-order chi connectivity index (χ1) is 17.2. The quantitative estimate of drug-likeness (QED) is 0.270. The Hall–Kier alpha value is -4.08. The van der Waals surface area contributed by atoms with Gasteiger partial charge in [-0.1, -0.05) is 18.2 Å². The number of rotatable bonds is 5. The van der Waals surface area contributed by atoms with Crippen LogP contribution in [0.3, 0.4) is 0 Å². The number of ether oxygens (including phenoxy) is 1. The normalized spacial score (nSPS) is 16.6. The highest BCUT2D eigenvalue weighted by Crippen LogP contribution is 2.41. The lowest BCUT2D eigenvalue weighted by Crippen LogP contribution is -2.44. The maximum atomic E-state index is 13.3. The Balaban J connectivity index is 1.44. The third kappa shape index (κ3) is 4.71. The number of ketones is 1. The molecule has 0 saturated carbocycles. The SMILES string of the molecule is COC(=O)c1c(C(=O)N2CCC3(CCN(C(=O)c4ccc(C(C)=O)cc4)CC3)C2)cccc1[N+](=O)[O-]. The first kappa shape index (κ1) is 25.0. The minimum atomic E-state index is -0.928. The molecule has 10 nitrogen and oxygen atoms in total. The molecule has 1 spiro atoms. The topological polar surface area (TPSA) is 127 Å². The van der Waals surface area contributed by atoms with Gasteiger partial charge in [0, 0.05) is 43.4 Å². The van der Waals surface area contributed by atoms with E-state index in [9.17, 15) is 29.3 Å². The molecule has 36 heavy (non-hydrogen) atoms. The molecule has 0 N–H and O–H groups in total. The zero-order valence-corrected chi connectivity index (χ0v) is 20.2. The minimum Gasteiger partial charge on any atom is -0.465 e. The molecule has 2 amide bonds. The maximum Gasteiger partial charge on any atom is 0.345 e. The van der Waals surface area contributed by atoms with Gasteiger partial charge in [-0.05, 0) is 49.8 Å². The lowest BCUT2D eigenvalue weighted by Gasteiger charge is -2.39. The molecule has 2 aromatic carbocycles. The number of piperidine rings is 1. The lowest BCUT2D eigenvalue weighted by molar-refractivity contribution is -0.385. The van der Waals surface area contributed by atoms with E-state index in [4.69, 9.17) is 4.74 Å². The second kappa shape index (κ2) is 9.88. The van der Waals surface area contributed by atoms with Crippen molar-refractivity contribution >= 4 is 29.3 Å². The third-order valence-corrected chi connectivity index (χ3v) is 7.23. The lowest BCUT2D eigenvalue weighted by atomic mass is 9.77. The van der Waals surface area contributed by atoms with Crippen LogP contribution < -0.4 is 0 Å². The molecule has 0 bridgehead atoms. The zero-order valence-electron chi connectivity index (χ0n) is 20.2. The average molecular weight is 494 g/mol. The van der Waals surface area contributed by atoms with Gasteiger partial charge in [0.2, 0.25) is 0 Å². The van der Waals surface area contributed by atoms with Gasteiger partial charge in [-0.3, -0.25) is 24.5 Å². The fourth-order valence-electron chi connectivity index (χ4n) is 5.09. The molecule has 0 aliphatic carbocycles.